The highest BCUT2D eigenvalue weighted by atomic mass is 79.9. The second kappa shape index (κ2) is 5.98. The van der Waals surface area contributed by atoms with E-state index in [1.807, 2.05) is 36.4 Å². The summed E-state index contributed by atoms with van der Waals surface area (Å²) in [6.07, 6.45) is 2.63. The van der Waals surface area contributed by atoms with Gasteiger partial charge in [-0.1, -0.05) is 34.1 Å². The third kappa shape index (κ3) is 3.05. The Morgan fingerprint density at radius 1 is 1.20 bits per heavy atom. The highest BCUT2D eigenvalue weighted by molar-refractivity contribution is 9.10. The number of halogens is 1. The number of fused-ring (bicyclic) bond motifs is 1. The molecule has 3 rings (SSSR count). The van der Waals surface area contributed by atoms with Crippen LogP contribution in [-0.4, -0.2) is 5.11 Å². The molecule has 1 aliphatic carbocycles. The lowest BCUT2D eigenvalue weighted by Gasteiger charge is -2.22. The van der Waals surface area contributed by atoms with Crippen molar-refractivity contribution in [1.82, 2.24) is 0 Å². The Hall–Kier alpha value is -1.32. The Balaban J connectivity index is 1.73. The first-order valence-electron chi connectivity index (χ1n) is 6.90. The van der Waals surface area contributed by atoms with Gasteiger partial charge in [-0.25, -0.2) is 0 Å². The van der Waals surface area contributed by atoms with Crippen LogP contribution in [0, 0.1) is 0 Å². The topological polar surface area (TPSA) is 29.5 Å². The summed E-state index contributed by atoms with van der Waals surface area (Å²) >= 11 is 3.46. The second-order valence-electron chi connectivity index (χ2n) is 5.19. The molecule has 0 aliphatic heterocycles. The molecule has 3 heteroatoms. The molecule has 0 spiro atoms. The van der Waals surface area contributed by atoms with Gasteiger partial charge in [0.15, 0.2) is 0 Å². The van der Waals surface area contributed by atoms with Crippen LogP contribution < -0.4 is 4.74 Å². The number of ether oxygens (including phenoxy) is 1. The van der Waals surface area contributed by atoms with Crippen molar-refractivity contribution in [2.24, 2.45) is 0 Å². The molecule has 0 heterocycles. The molecule has 0 saturated carbocycles. The summed E-state index contributed by atoms with van der Waals surface area (Å²) in [5, 5.41) is 10.0. The molecule has 2 nitrogen and oxygen atoms in total. The largest absolute Gasteiger partial charge is 0.489 e. The van der Waals surface area contributed by atoms with E-state index in [1.54, 1.807) is 0 Å². The van der Waals surface area contributed by atoms with Crippen molar-refractivity contribution in [3.05, 3.63) is 63.6 Å². The van der Waals surface area contributed by atoms with E-state index in [2.05, 4.69) is 22.0 Å². The summed E-state index contributed by atoms with van der Waals surface area (Å²) in [6.45, 7) is 0.536. The fourth-order valence-electron chi connectivity index (χ4n) is 2.64. The lowest BCUT2D eigenvalue weighted by molar-refractivity contribution is 0.156. The summed E-state index contributed by atoms with van der Waals surface area (Å²) in [5.41, 5.74) is 3.40. The lowest BCUT2D eigenvalue weighted by atomic mass is 9.89. The van der Waals surface area contributed by atoms with Crippen LogP contribution in [0.25, 0.3) is 0 Å². The molecule has 20 heavy (non-hydrogen) atoms. The summed E-state index contributed by atoms with van der Waals surface area (Å²) < 4.78 is 6.88. The summed E-state index contributed by atoms with van der Waals surface area (Å²) in [6, 6.07) is 14.1. The first-order chi connectivity index (χ1) is 9.72. The van der Waals surface area contributed by atoms with Crippen molar-refractivity contribution < 1.29 is 9.84 Å². The van der Waals surface area contributed by atoms with E-state index < -0.39 is 0 Å². The zero-order chi connectivity index (χ0) is 13.9. The molecule has 1 aliphatic rings. The van der Waals surface area contributed by atoms with Crippen LogP contribution in [-0.2, 0) is 13.0 Å². The molecule has 0 aromatic heterocycles. The van der Waals surface area contributed by atoms with Crippen molar-refractivity contribution in [1.29, 1.82) is 0 Å². The van der Waals surface area contributed by atoms with Crippen LogP contribution in [0.4, 0.5) is 0 Å². The number of hydrogen-bond acceptors (Lipinski definition) is 2. The highest BCUT2D eigenvalue weighted by Crippen LogP contribution is 2.32. The number of aliphatic hydroxyl groups is 1. The van der Waals surface area contributed by atoms with E-state index in [0.717, 1.165) is 40.6 Å². The maximum Gasteiger partial charge on any atom is 0.120 e. The van der Waals surface area contributed by atoms with Gasteiger partial charge in [-0.05, 0) is 60.2 Å². The molecule has 0 radical (unpaired) electrons. The Labute approximate surface area is 127 Å². The van der Waals surface area contributed by atoms with Crippen LogP contribution in [0.3, 0.4) is 0 Å². The standard InChI is InChI=1S/C17H17BrO2/c18-14-5-1-3-12(9-14)11-20-15-8-7-13-4-2-6-17(19)16(13)10-15/h1,3,5,7-10,17,19H,2,4,6,11H2. The monoisotopic (exact) mass is 332 g/mol. The SMILES string of the molecule is OC1CCCc2ccc(OCc3cccc(Br)c3)cc21. The first kappa shape index (κ1) is 13.7. The van der Waals surface area contributed by atoms with Gasteiger partial charge in [0.1, 0.15) is 12.4 Å². The molecular formula is C17H17BrO2. The summed E-state index contributed by atoms with van der Waals surface area (Å²) in [4.78, 5) is 0. The van der Waals surface area contributed by atoms with Crippen molar-refractivity contribution in [3.63, 3.8) is 0 Å². The number of rotatable bonds is 3. The van der Waals surface area contributed by atoms with Crippen molar-refractivity contribution in [2.45, 2.75) is 32.0 Å². The van der Waals surface area contributed by atoms with Crippen molar-refractivity contribution in [3.8, 4) is 5.75 Å². The Kier molecular flexibility index (Phi) is 4.08. The van der Waals surface area contributed by atoms with Crippen LogP contribution >= 0.6 is 15.9 Å². The molecule has 1 unspecified atom stereocenters. The average Bonchev–Trinajstić information content (AvgIpc) is 2.46. The molecule has 0 fully saturated rings. The van der Waals surface area contributed by atoms with Crippen LogP contribution in [0.15, 0.2) is 46.9 Å². The zero-order valence-corrected chi connectivity index (χ0v) is 12.8. The van der Waals surface area contributed by atoms with Gasteiger partial charge in [-0.2, -0.15) is 0 Å². The van der Waals surface area contributed by atoms with Gasteiger partial charge in [0.2, 0.25) is 0 Å². The van der Waals surface area contributed by atoms with Gasteiger partial charge in [0.05, 0.1) is 6.10 Å². The number of hydrogen-bond donors (Lipinski definition) is 1. The third-order valence-electron chi connectivity index (χ3n) is 3.69. The fourth-order valence-corrected chi connectivity index (χ4v) is 3.08. The third-order valence-corrected chi connectivity index (χ3v) is 4.19. The Bertz CT molecular complexity index is 610. The quantitative estimate of drug-likeness (QED) is 0.902. The molecular weight excluding hydrogens is 316 g/mol. The van der Waals surface area contributed by atoms with E-state index >= 15 is 0 Å². The van der Waals surface area contributed by atoms with Crippen LogP contribution in [0.5, 0.6) is 5.75 Å². The van der Waals surface area contributed by atoms with Gasteiger partial charge in [-0.3, -0.25) is 0 Å². The van der Waals surface area contributed by atoms with E-state index in [9.17, 15) is 5.11 Å². The molecule has 1 atom stereocenters. The molecule has 0 saturated heterocycles. The van der Waals surface area contributed by atoms with Gasteiger partial charge in [0, 0.05) is 4.47 Å². The molecule has 0 bridgehead atoms. The number of benzene rings is 2. The molecule has 2 aromatic carbocycles. The maximum atomic E-state index is 10.0. The van der Waals surface area contributed by atoms with E-state index in [-0.39, 0.29) is 6.10 Å². The van der Waals surface area contributed by atoms with E-state index in [4.69, 9.17) is 4.74 Å². The first-order valence-corrected chi connectivity index (χ1v) is 7.70. The van der Waals surface area contributed by atoms with Crippen molar-refractivity contribution >= 4 is 15.9 Å². The second-order valence-corrected chi connectivity index (χ2v) is 6.10. The molecule has 0 amide bonds. The van der Waals surface area contributed by atoms with Crippen molar-refractivity contribution in [2.75, 3.05) is 0 Å². The van der Waals surface area contributed by atoms with Crippen LogP contribution in [0.2, 0.25) is 0 Å². The summed E-state index contributed by atoms with van der Waals surface area (Å²) in [5.74, 6) is 0.824. The highest BCUT2D eigenvalue weighted by Gasteiger charge is 2.18. The number of aliphatic hydroxyl groups excluding tert-OH is 1. The predicted molar refractivity (Wildman–Crippen MR) is 82.8 cm³/mol. The van der Waals surface area contributed by atoms with Gasteiger partial charge < -0.3 is 9.84 Å². The molecule has 1 N–H and O–H groups in total. The normalized spacial score (nSPS) is 17.6. The van der Waals surface area contributed by atoms with Gasteiger partial charge in [-0.15, -0.1) is 0 Å². The molecule has 104 valence electrons. The van der Waals surface area contributed by atoms with E-state index in [1.165, 1.54) is 5.56 Å². The Morgan fingerprint density at radius 3 is 2.95 bits per heavy atom. The number of aryl methyl sites for hydroxylation is 1. The minimum absolute atomic E-state index is 0.340. The average molecular weight is 333 g/mol. The van der Waals surface area contributed by atoms with Crippen LogP contribution in [0.1, 0.15) is 35.6 Å². The fraction of sp³-hybridized carbons (Fsp3) is 0.294. The minimum atomic E-state index is -0.340. The predicted octanol–water partition coefficient (Wildman–Crippen LogP) is 4.40. The zero-order valence-electron chi connectivity index (χ0n) is 11.2. The van der Waals surface area contributed by atoms with Gasteiger partial charge in [0.25, 0.3) is 0 Å². The molecule has 2 aromatic rings. The van der Waals surface area contributed by atoms with E-state index in [0.29, 0.717) is 6.61 Å². The smallest absolute Gasteiger partial charge is 0.120 e. The maximum absolute atomic E-state index is 10.0. The Morgan fingerprint density at radius 2 is 2.10 bits per heavy atom. The minimum Gasteiger partial charge on any atom is -0.489 e. The van der Waals surface area contributed by atoms with Gasteiger partial charge >= 0.3 is 0 Å². The lowest BCUT2D eigenvalue weighted by Crippen LogP contribution is -2.09. The summed E-state index contributed by atoms with van der Waals surface area (Å²) in [7, 11) is 0.